The third-order valence-corrected chi connectivity index (χ3v) is 5.80. The molecule has 2 aromatic carbocycles. The molecule has 31 heavy (non-hydrogen) atoms. The summed E-state index contributed by atoms with van der Waals surface area (Å²) in [6, 6.07) is 15.0. The molecule has 7 heteroatoms. The highest BCUT2D eigenvalue weighted by Crippen LogP contribution is 2.34. The Balaban J connectivity index is 1.45. The summed E-state index contributed by atoms with van der Waals surface area (Å²) in [5.74, 6) is 1.89. The van der Waals surface area contributed by atoms with Gasteiger partial charge in [-0.2, -0.15) is 0 Å². The molecule has 3 rings (SSSR count). The molecule has 0 bridgehead atoms. The molecular formula is C24H27N3O3S. The standard InChI is InChI=1S/C24H27N3O3S/c1-16(2)23-22(26-17(3)31-23)18-6-10-20(11-7-18)29-14-4-5-15-30-21-12-8-19(9-13-21)24(25)27-28/h4-13,16,28H,14-15H2,1-3H3,(H2,25,27)/b5-4+. The molecule has 0 atom stereocenters. The van der Waals surface area contributed by atoms with E-state index in [1.54, 1.807) is 35.6 Å². The van der Waals surface area contributed by atoms with Crippen molar-refractivity contribution in [2.24, 2.45) is 0 Å². The van der Waals surface area contributed by atoms with Crippen molar-refractivity contribution in [3.05, 3.63) is 76.1 Å². The molecule has 0 aliphatic carbocycles. The fraction of sp³-hybridized carbons (Fsp3) is 0.250. The summed E-state index contributed by atoms with van der Waals surface area (Å²) in [4.78, 5) is 6.01. The van der Waals surface area contributed by atoms with Gasteiger partial charge in [0, 0.05) is 16.0 Å². The highest BCUT2D eigenvalue weighted by Gasteiger charge is 2.14. The van der Waals surface area contributed by atoms with Crippen LogP contribution < -0.4 is 15.0 Å². The molecular weight excluding hydrogens is 410 g/mol. The van der Waals surface area contributed by atoms with Gasteiger partial charge in [0.15, 0.2) is 0 Å². The molecule has 0 aliphatic heterocycles. The Bertz CT molecular complexity index is 1030. The summed E-state index contributed by atoms with van der Waals surface area (Å²) in [5.41, 5.74) is 4.57. The van der Waals surface area contributed by atoms with Crippen molar-refractivity contribution in [2.45, 2.75) is 26.7 Å². The van der Waals surface area contributed by atoms with Gasteiger partial charge in [-0.15, -0.1) is 11.3 Å². The van der Waals surface area contributed by atoms with E-state index >= 15 is 0 Å². The average Bonchev–Trinajstić information content (AvgIpc) is 3.18. The van der Waals surface area contributed by atoms with E-state index in [2.05, 4.69) is 26.0 Å². The zero-order valence-electron chi connectivity index (χ0n) is 17.9. The van der Waals surface area contributed by atoms with E-state index in [0.29, 0.717) is 30.4 Å². The predicted octanol–water partition coefficient (Wildman–Crippen LogP) is 5.56. The van der Waals surface area contributed by atoms with Gasteiger partial charge in [0.25, 0.3) is 0 Å². The highest BCUT2D eigenvalue weighted by atomic mass is 32.1. The van der Waals surface area contributed by atoms with Crippen molar-refractivity contribution in [1.29, 1.82) is 5.41 Å². The van der Waals surface area contributed by atoms with E-state index in [1.165, 1.54) is 4.88 Å². The van der Waals surface area contributed by atoms with Crippen molar-refractivity contribution in [1.82, 2.24) is 10.5 Å². The Labute approximate surface area is 186 Å². The van der Waals surface area contributed by atoms with Crippen LogP contribution in [0.5, 0.6) is 11.5 Å². The topological polar surface area (TPSA) is 87.5 Å². The van der Waals surface area contributed by atoms with E-state index in [9.17, 15) is 0 Å². The maximum atomic E-state index is 8.73. The fourth-order valence-electron chi connectivity index (χ4n) is 2.96. The van der Waals surface area contributed by atoms with E-state index in [4.69, 9.17) is 25.1 Å². The van der Waals surface area contributed by atoms with Crippen molar-refractivity contribution in [3.8, 4) is 22.8 Å². The zero-order chi connectivity index (χ0) is 22.2. The summed E-state index contributed by atoms with van der Waals surface area (Å²) in [6.45, 7) is 7.30. The molecule has 0 saturated heterocycles. The second-order valence-corrected chi connectivity index (χ2v) is 8.46. The lowest BCUT2D eigenvalue weighted by atomic mass is 10.1. The summed E-state index contributed by atoms with van der Waals surface area (Å²) in [7, 11) is 0. The molecule has 162 valence electrons. The van der Waals surface area contributed by atoms with Crippen LogP contribution in [0.4, 0.5) is 0 Å². The molecule has 0 aliphatic rings. The van der Waals surface area contributed by atoms with Crippen LogP contribution in [0, 0.1) is 12.3 Å². The molecule has 0 saturated carbocycles. The number of aryl methyl sites for hydroxylation is 1. The highest BCUT2D eigenvalue weighted by molar-refractivity contribution is 7.12. The minimum absolute atomic E-state index is 0.0568. The number of nitrogens with zero attached hydrogens (tertiary/aromatic N) is 1. The van der Waals surface area contributed by atoms with Crippen LogP contribution in [-0.2, 0) is 0 Å². The van der Waals surface area contributed by atoms with Crippen molar-refractivity contribution >= 4 is 17.2 Å². The van der Waals surface area contributed by atoms with Gasteiger partial charge in [-0.25, -0.2) is 4.98 Å². The lowest BCUT2D eigenvalue weighted by Crippen LogP contribution is -2.18. The van der Waals surface area contributed by atoms with Crippen molar-refractivity contribution in [3.63, 3.8) is 0 Å². The molecule has 3 N–H and O–H groups in total. The second kappa shape index (κ2) is 10.7. The molecule has 1 aromatic heterocycles. The number of aromatic nitrogens is 1. The van der Waals surface area contributed by atoms with E-state index in [0.717, 1.165) is 22.0 Å². The molecule has 0 amide bonds. The SMILES string of the molecule is Cc1nc(-c2ccc(OC/C=C/COc3ccc(C(=N)NO)cc3)cc2)c(C(C)C)s1. The Kier molecular flexibility index (Phi) is 7.81. The summed E-state index contributed by atoms with van der Waals surface area (Å²) in [6.07, 6.45) is 3.81. The largest absolute Gasteiger partial charge is 0.490 e. The third-order valence-electron chi connectivity index (χ3n) is 4.53. The van der Waals surface area contributed by atoms with E-state index < -0.39 is 0 Å². The normalized spacial score (nSPS) is 11.1. The van der Waals surface area contributed by atoms with Crippen molar-refractivity contribution < 1.29 is 14.7 Å². The first kappa shape index (κ1) is 22.5. The van der Waals surface area contributed by atoms with E-state index in [-0.39, 0.29) is 5.84 Å². The van der Waals surface area contributed by atoms with Gasteiger partial charge in [-0.3, -0.25) is 16.1 Å². The number of ether oxygens (including phenoxy) is 2. The lowest BCUT2D eigenvalue weighted by molar-refractivity contribution is 0.234. The van der Waals surface area contributed by atoms with Crippen molar-refractivity contribution in [2.75, 3.05) is 13.2 Å². The third kappa shape index (κ3) is 6.16. The molecule has 0 spiro atoms. The maximum absolute atomic E-state index is 8.73. The molecule has 0 radical (unpaired) electrons. The number of hydroxylamine groups is 1. The van der Waals surface area contributed by atoms with Gasteiger partial charge in [-0.1, -0.05) is 13.8 Å². The Morgan fingerprint density at radius 2 is 1.58 bits per heavy atom. The first-order valence-corrected chi connectivity index (χ1v) is 10.9. The number of thiazole rings is 1. The maximum Gasteiger partial charge on any atom is 0.149 e. The second-order valence-electron chi connectivity index (χ2n) is 7.23. The number of benzene rings is 2. The van der Waals surface area contributed by atoms with Crippen LogP contribution >= 0.6 is 11.3 Å². The predicted molar refractivity (Wildman–Crippen MR) is 125 cm³/mol. The minimum atomic E-state index is -0.0568. The van der Waals surface area contributed by atoms with Crippen LogP contribution in [0.2, 0.25) is 0 Å². The quantitative estimate of drug-likeness (QED) is 0.177. The number of hydrogen-bond acceptors (Lipinski definition) is 6. The van der Waals surface area contributed by atoms with Gasteiger partial charge in [-0.05, 0) is 73.5 Å². The number of nitrogens with one attached hydrogen (secondary N) is 2. The van der Waals surface area contributed by atoms with Gasteiger partial charge in [0.05, 0.1) is 10.7 Å². The molecule has 3 aromatic rings. The summed E-state index contributed by atoms with van der Waals surface area (Å²) in [5, 5.41) is 17.3. The monoisotopic (exact) mass is 437 g/mol. The zero-order valence-corrected chi connectivity index (χ0v) is 18.7. The van der Waals surface area contributed by atoms with Gasteiger partial charge < -0.3 is 9.47 Å². The van der Waals surface area contributed by atoms with Gasteiger partial charge in [0.2, 0.25) is 0 Å². The van der Waals surface area contributed by atoms with Crippen LogP contribution in [-0.4, -0.2) is 29.2 Å². The Morgan fingerprint density at radius 1 is 1.03 bits per heavy atom. The number of hydrogen-bond donors (Lipinski definition) is 3. The molecule has 0 unspecified atom stereocenters. The molecule has 1 heterocycles. The van der Waals surface area contributed by atoms with Crippen LogP contribution in [0.1, 0.15) is 35.2 Å². The lowest BCUT2D eigenvalue weighted by Gasteiger charge is -2.07. The first-order chi connectivity index (χ1) is 15.0. The van der Waals surface area contributed by atoms with Crippen LogP contribution in [0.15, 0.2) is 60.7 Å². The number of amidine groups is 1. The van der Waals surface area contributed by atoms with Gasteiger partial charge in [0.1, 0.15) is 30.5 Å². The smallest absolute Gasteiger partial charge is 0.149 e. The van der Waals surface area contributed by atoms with Crippen LogP contribution in [0.25, 0.3) is 11.3 Å². The fourth-order valence-corrected chi connectivity index (χ4v) is 3.91. The summed E-state index contributed by atoms with van der Waals surface area (Å²) < 4.78 is 11.4. The van der Waals surface area contributed by atoms with Gasteiger partial charge >= 0.3 is 0 Å². The molecule has 6 nitrogen and oxygen atoms in total. The Morgan fingerprint density at radius 3 is 2.10 bits per heavy atom. The minimum Gasteiger partial charge on any atom is -0.490 e. The molecule has 0 fully saturated rings. The average molecular weight is 438 g/mol. The van der Waals surface area contributed by atoms with E-state index in [1.807, 2.05) is 36.7 Å². The first-order valence-electron chi connectivity index (χ1n) is 10.1. The number of rotatable bonds is 9. The Hall–Kier alpha value is -3.16. The summed E-state index contributed by atoms with van der Waals surface area (Å²) >= 11 is 1.76. The van der Waals surface area contributed by atoms with Crippen LogP contribution in [0.3, 0.4) is 0 Å².